The van der Waals surface area contributed by atoms with Crippen LogP contribution in [0.5, 0.6) is 47.0 Å². The summed E-state index contributed by atoms with van der Waals surface area (Å²) in [6.07, 6.45) is 0. The minimum atomic E-state index is 0.0844. The van der Waals surface area contributed by atoms with Gasteiger partial charge in [0.05, 0.1) is 50.7 Å². The number of nitrogens with zero attached hydrogens (tertiary/aromatic N) is 12. The van der Waals surface area contributed by atoms with Crippen LogP contribution in [0.25, 0.3) is 233 Å². The van der Waals surface area contributed by atoms with Gasteiger partial charge in [-0.25, -0.2) is 19.9 Å². The molecule has 25 aromatic rings. The highest BCUT2D eigenvalue weighted by Crippen LogP contribution is 2.46. The Hall–Kier alpha value is -18.3. The molecule has 0 amide bonds. The number of para-hydroxylation sites is 5. The summed E-state index contributed by atoms with van der Waals surface area (Å²) < 4.78 is 46.2. The van der Waals surface area contributed by atoms with Crippen molar-refractivity contribution in [2.24, 2.45) is 0 Å². The van der Waals surface area contributed by atoms with Crippen molar-refractivity contribution in [2.75, 3.05) is 28.4 Å². The lowest BCUT2D eigenvalue weighted by Gasteiger charge is -2.10. The number of methoxy groups -OCH3 is 4. The average Bonchev–Trinajstić information content (AvgIpc) is 1.56. The van der Waals surface area contributed by atoms with Crippen molar-refractivity contribution < 1.29 is 57.0 Å². The largest absolute Gasteiger partial charge is 0.507 e. The fourth-order valence-corrected chi connectivity index (χ4v) is 17.1. The predicted molar refractivity (Wildman–Crippen MR) is 512 cm³/mol. The number of furan rings is 4. The molecule has 0 unspecified atom stereocenters. The van der Waals surface area contributed by atoms with E-state index in [1.165, 1.54) is 33.8 Å². The van der Waals surface area contributed by atoms with Crippen LogP contribution in [-0.4, -0.2) is 109 Å². The number of rotatable bonds is 12. The molecule has 25 rings (SSSR count). The maximum absolute atomic E-state index is 10.4. The molecule has 24 heteroatoms. The van der Waals surface area contributed by atoms with Gasteiger partial charge in [-0.15, -0.1) is 0 Å². The van der Waals surface area contributed by atoms with Gasteiger partial charge >= 0.3 is 24.0 Å². The van der Waals surface area contributed by atoms with Crippen LogP contribution in [-0.2, 0) is 0 Å². The molecule has 132 heavy (non-hydrogen) atoms. The second kappa shape index (κ2) is 33.2. The van der Waals surface area contributed by atoms with Crippen molar-refractivity contribution in [2.45, 2.75) is 0 Å². The fourth-order valence-electron chi connectivity index (χ4n) is 17.1. The Balaban J connectivity index is 0.000000103. The van der Waals surface area contributed by atoms with E-state index in [4.69, 9.17) is 41.6 Å². The van der Waals surface area contributed by atoms with E-state index in [0.717, 1.165) is 158 Å². The monoisotopic (exact) mass is 1730 g/mol. The van der Waals surface area contributed by atoms with Gasteiger partial charge in [0.2, 0.25) is 0 Å². The van der Waals surface area contributed by atoms with Gasteiger partial charge in [-0.05, 0) is 175 Å². The van der Waals surface area contributed by atoms with E-state index in [1.54, 1.807) is 72.8 Å². The minimum absolute atomic E-state index is 0.0844. The molecule has 0 aliphatic carbocycles. The highest BCUT2D eigenvalue weighted by molar-refractivity contribution is 6.28. The summed E-state index contributed by atoms with van der Waals surface area (Å²) in [6.45, 7) is 0. The molecule has 0 atom stereocenters. The number of ether oxygens (including phenoxy) is 4. The molecule has 0 fully saturated rings. The van der Waals surface area contributed by atoms with Crippen LogP contribution in [0.1, 0.15) is 0 Å². The Labute approximate surface area is 748 Å². The SMILES string of the molecule is COc1nc(-c2ccc3c(c2)oc2ccc4ccccc4c23)nc(-c2ccccc2O)n1.COc1nc(-c2ccc3oc4cc5ccccc5cc4c3c2)nc(-c2ccccc2O)n1.COc1nc(-c2ccccc2O)nc(-c2cc3oc4ccc5ccccc5c4c3c3ccccc23)n1.COc1nc(-c2ccccc2O)nc(-c2cc3oc4ccccc4c3c3ccccc23)n1. The topological polar surface area (TPSA) is 325 Å². The number of aromatic hydroxyl groups is 4. The Morgan fingerprint density at radius 3 is 0.970 bits per heavy atom. The van der Waals surface area contributed by atoms with E-state index >= 15 is 0 Å². The molecule has 0 spiro atoms. The molecule has 634 valence electrons. The average molecular weight is 1730 g/mol. The first kappa shape index (κ1) is 79.6. The highest BCUT2D eigenvalue weighted by Gasteiger charge is 2.26. The van der Waals surface area contributed by atoms with Gasteiger partial charge in [-0.2, -0.15) is 39.9 Å². The number of hydrogen-bond acceptors (Lipinski definition) is 24. The second-order valence-corrected chi connectivity index (χ2v) is 31.0. The molecular formula is C108H70N12O12. The summed E-state index contributed by atoms with van der Waals surface area (Å²) in [5, 5.41) is 60.6. The highest BCUT2D eigenvalue weighted by atomic mass is 16.5. The molecule has 0 saturated heterocycles. The van der Waals surface area contributed by atoms with Crippen molar-refractivity contribution in [3.05, 3.63) is 328 Å². The third-order valence-electron chi connectivity index (χ3n) is 23.2. The van der Waals surface area contributed by atoms with Crippen molar-refractivity contribution in [3.8, 4) is 138 Å². The lowest BCUT2D eigenvalue weighted by Crippen LogP contribution is -2.01. The number of fused-ring (bicyclic) bond motifs is 21. The van der Waals surface area contributed by atoms with E-state index in [0.29, 0.717) is 68.8 Å². The van der Waals surface area contributed by atoms with Gasteiger partial charge in [0.1, 0.15) is 67.7 Å². The molecule has 8 aromatic heterocycles. The summed E-state index contributed by atoms with van der Waals surface area (Å²) in [4.78, 5) is 54.0. The van der Waals surface area contributed by atoms with E-state index in [2.05, 4.69) is 146 Å². The Morgan fingerprint density at radius 2 is 0.477 bits per heavy atom. The van der Waals surface area contributed by atoms with Gasteiger partial charge in [0.15, 0.2) is 46.6 Å². The number of phenols is 4. The first-order valence-corrected chi connectivity index (χ1v) is 42.0. The van der Waals surface area contributed by atoms with Gasteiger partial charge in [-0.1, -0.05) is 206 Å². The maximum atomic E-state index is 10.4. The molecule has 24 nitrogen and oxygen atoms in total. The summed E-state index contributed by atoms with van der Waals surface area (Å²) in [6, 6.07) is 106. The van der Waals surface area contributed by atoms with Crippen LogP contribution >= 0.6 is 0 Å². The summed E-state index contributed by atoms with van der Waals surface area (Å²) in [5.74, 6) is 3.44. The van der Waals surface area contributed by atoms with E-state index in [9.17, 15) is 20.4 Å². The van der Waals surface area contributed by atoms with Crippen LogP contribution in [0.4, 0.5) is 0 Å². The molecule has 17 aromatic carbocycles. The zero-order chi connectivity index (χ0) is 89.2. The van der Waals surface area contributed by atoms with Crippen molar-refractivity contribution in [3.63, 3.8) is 0 Å². The van der Waals surface area contributed by atoms with Crippen LogP contribution in [0, 0.1) is 0 Å². The Morgan fingerprint density at radius 1 is 0.182 bits per heavy atom. The number of aromatic nitrogens is 12. The van der Waals surface area contributed by atoms with E-state index < -0.39 is 0 Å². The molecule has 4 N–H and O–H groups in total. The molecular weight excluding hydrogens is 1660 g/mol. The van der Waals surface area contributed by atoms with Gasteiger partial charge in [0, 0.05) is 65.3 Å². The van der Waals surface area contributed by atoms with Gasteiger partial charge in [0.25, 0.3) is 0 Å². The van der Waals surface area contributed by atoms with Crippen LogP contribution in [0.2, 0.25) is 0 Å². The fraction of sp³-hybridized carbons (Fsp3) is 0.0370. The van der Waals surface area contributed by atoms with Gasteiger partial charge in [-0.3, -0.25) is 0 Å². The summed E-state index contributed by atoms with van der Waals surface area (Å²) in [7, 11) is 6.03. The maximum Gasteiger partial charge on any atom is 0.320 e. The predicted octanol–water partition coefficient (Wildman–Crippen LogP) is 25.0. The molecule has 0 radical (unpaired) electrons. The number of phenolic OH excluding ortho intramolecular Hbond substituents is 4. The van der Waals surface area contributed by atoms with Crippen molar-refractivity contribution >= 4 is 142 Å². The van der Waals surface area contributed by atoms with E-state index in [1.807, 2.05) is 164 Å². The zero-order valence-corrected chi connectivity index (χ0v) is 70.6. The molecule has 0 bridgehead atoms. The molecule has 0 aliphatic rings. The first-order valence-electron chi connectivity index (χ1n) is 42.0. The summed E-state index contributed by atoms with van der Waals surface area (Å²) >= 11 is 0. The third-order valence-corrected chi connectivity index (χ3v) is 23.2. The van der Waals surface area contributed by atoms with Crippen molar-refractivity contribution in [1.82, 2.24) is 59.8 Å². The first-order chi connectivity index (χ1) is 64.8. The molecule has 0 aliphatic heterocycles. The van der Waals surface area contributed by atoms with Crippen LogP contribution in [0.15, 0.2) is 345 Å². The Bertz CT molecular complexity index is 8920. The zero-order valence-electron chi connectivity index (χ0n) is 70.6. The van der Waals surface area contributed by atoms with Gasteiger partial charge < -0.3 is 57.0 Å². The molecule has 0 saturated carbocycles. The minimum Gasteiger partial charge on any atom is -0.507 e. The number of hydrogen-bond donors (Lipinski definition) is 4. The number of benzene rings is 17. The van der Waals surface area contributed by atoms with E-state index in [-0.39, 0.29) is 47.0 Å². The lowest BCUT2D eigenvalue weighted by atomic mass is 9.96. The lowest BCUT2D eigenvalue weighted by molar-refractivity contribution is 0.379. The quantitative estimate of drug-likeness (QED) is 0.0883. The normalized spacial score (nSPS) is 11.5. The van der Waals surface area contributed by atoms with Crippen LogP contribution < -0.4 is 18.9 Å². The second-order valence-electron chi connectivity index (χ2n) is 31.0. The van der Waals surface area contributed by atoms with Crippen LogP contribution in [0.3, 0.4) is 0 Å². The Kier molecular flexibility index (Phi) is 20.0. The standard InChI is InChI=1S/C30H19N3O3.3C26H17N3O3/c1-35-30-32-28(21-12-6-7-13-23(21)34)31-29(33-30)22-16-25-27(20-11-5-4-10-19(20)22)26-18-9-3-2-8-17(18)14-15-24(26)36-25;1-31-26-28-24(17-10-4-6-12-20(17)30)27-25(29-26)19-14-22-23(16-9-3-2-8-15(16)19)18-11-5-7-13-21(18)32-22;1-31-26-28-24(27-25(29-26)18-8-4-5-9-20(18)30)16-10-12-19-22(14-16)32-21-13-11-15-6-2-3-7-17(15)23(19)21;1-31-26-28-24(27-25(29-26)18-8-4-5-9-21(18)30)17-10-11-22-19(13-17)20-12-15-6-2-3-7-16(15)14-23(20)32-22/h2-16,34H,1H3;3*2-14,30H,1H3. The van der Waals surface area contributed by atoms with Crippen molar-refractivity contribution in [1.29, 1.82) is 0 Å². The summed E-state index contributed by atoms with van der Waals surface area (Å²) in [5.41, 5.74) is 11.5. The molecule has 8 heterocycles. The third kappa shape index (κ3) is 14.5. The smallest absolute Gasteiger partial charge is 0.320 e.